The maximum Gasteiger partial charge on any atom is 0.255 e. The summed E-state index contributed by atoms with van der Waals surface area (Å²) in [5, 5.41) is 20.4. The van der Waals surface area contributed by atoms with Crippen molar-refractivity contribution >= 4 is 22.6 Å². The number of nitrogens with one attached hydrogen (secondary N) is 2. The van der Waals surface area contributed by atoms with Gasteiger partial charge in [0.1, 0.15) is 12.0 Å². The highest BCUT2D eigenvalue weighted by molar-refractivity contribution is 5.99. The largest absolute Gasteiger partial charge is 0.387 e. The fourth-order valence-electron chi connectivity index (χ4n) is 3.51. The van der Waals surface area contributed by atoms with Gasteiger partial charge in [0, 0.05) is 36.9 Å². The molecule has 1 fully saturated rings. The molecule has 1 atom stereocenters. The van der Waals surface area contributed by atoms with E-state index in [2.05, 4.69) is 25.7 Å². The number of carbonyl (C=O) groups excluding carboxylic acids is 1. The second kappa shape index (κ2) is 9.36. The van der Waals surface area contributed by atoms with Crippen LogP contribution < -0.4 is 10.6 Å². The van der Waals surface area contributed by atoms with Crippen molar-refractivity contribution < 1.29 is 23.4 Å². The lowest BCUT2D eigenvalue weighted by Gasteiger charge is -2.26. The van der Waals surface area contributed by atoms with E-state index >= 15 is 0 Å². The minimum atomic E-state index is -1.64. The smallest absolute Gasteiger partial charge is 0.255 e. The Bertz CT molecular complexity index is 1140. The highest BCUT2D eigenvalue weighted by atomic mass is 19.1. The number of nitrogens with zero attached hydrogens (tertiary/aromatic N) is 4. The maximum atomic E-state index is 14.1. The van der Waals surface area contributed by atoms with Crippen LogP contribution in [0.1, 0.15) is 37.0 Å². The van der Waals surface area contributed by atoms with Crippen LogP contribution in [0.25, 0.3) is 16.9 Å². The molecule has 1 aliphatic rings. The van der Waals surface area contributed by atoms with Crippen molar-refractivity contribution in [2.24, 2.45) is 0 Å². The Labute approximate surface area is 189 Å². The molecule has 1 aliphatic heterocycles. The van der Waals surface area contributed by atoms with Gasteiger partial charge in [-0.1, -0.05) is 0 Å². The molecular formula is C22H26F2N6O3. The molecule has 3 N–H and O–H groups in total. The summed E-state index contributed by atoms with van der Waals surface area (Å²) in [6, 6.07) is 3.06. The number of fused-ring (bicyclic) bond motifs is 1. The number of rotatable bonds is 7. The van der Waals surface area contributed by atoms with Gasteiger partial charge in [0.2, 0.25) is 0 Å². The summed E-state index contributed by atoms with van der Waals surface area (Å²) < 4.78 is 34.5. The zero-order valence-corrected chi connectivity index (χ0v) is 18.4. The van der Waals surface area contributed by atoms with E-state index < -0.39 is 23.5 Å². The van der Waals surface area contributed by atoms with Crippen LogP contribution in [0.4, 0.5) is 14.5 Å². The minimum absolute atomic E-state index is 0.0763. The van der Waals surface area contributed by atoms with E-state index in [1.165, 1.54) is 37.0 Å². The van der Waals surface area contributed by atoms with Crippen LogP contribution in [0.2, 0.25) is 0 Å². The molecule has 176 valence electrons. The molecule has 4 heterocycles. The third-order valence-electron chi connectivity index (χ3n) is 5.52. The first-order valence-electron chi connectivity index (χ1n) is 10.7. The monoisotopic (exact) mass is 460 g/mol. The molecular weight excluding hydrogens is 434 g/mol. The van der Waals surface area contributed by atoms with E-state index in [1.807, 2.05) is 0 Å². The minimum Gasteiger partial charge on any atom is -0.387 e. The number of aliphatic hydroxyl groups is 1. The van der Waals surface area contributed by atoms with Crippen LogP contribution in [-0.4, -0.2) is 68.3 Å². The highest BCUT2D eigenvalue weighted by Crippen LogP contribution is 2.24. The van der Waals surface area contributed by atoms with E-state index in [1.54, 1.807) is 6.07 Å². The molecule has 3 aromatic rings. The number of carbonyl (C=O) groups is 1. The van der Waals surface area contributed by atoms with Gasteiger partial charge in [0.25, 0.3) is 5.91 Å². The number of aromatic nitrogens is 4. The summed E-state index contributed by atoms with van der Waals surface area (Å²) in [5.41, 5.74) is -0.437. The molecule has 9 nitrogen and oxygen atoms in total. The van der Waals surface area contributed by atoms with Gasteiger partial charge < -0.3 is 20.5 Å². The molecule has 0 unspecified atom stereocenters. The zero-order chi connectivity index (χ0) is 23.6. The Hall–Kier alpha value is -3.18. The lowest BCUT2D eigenvalue weighted by molar-refractivity contribution is -0.00177. The average Bonchev–Trinajstić information content (AvgIpc) is 3.20. The summed E-state index contributed by atoms with van der Waals surface area (Å²) in [6.45, 7) is 3.54. The molecule has 33 heavy (non-hydrogen) atoms. The molecule has 0 aromatic carbocycles. The van der Waals surface area contributed by atoms with Crippen molar-refractivity contribution in [3.05, 3.63) is 42.1 Å². The fourth-order valence-corrected chi connectivity index (χ4v) is 3.51. The number of pyridine rings is 2. The van der Waals surface area contributed by atoms with E-state index in [0.717, 1.165) is 19.0 Å². The van der Waals surface area contributed by atoms with E-state index in [0.29, 0.717) is 35.8 Å². The van der Waals surface area contributed by atoms with Crippen LogP contribution >= 0.6 is 0 Å². The third kappa shape index (κ3) is 5.25. The summed E-state index contributed by atoms with van der Waals surface area (Å²) in [5.74, 6) is -0.614. The maximum absolute atomic E-state index is 14.1. The Kier molecular flexibility index (Phi) is 6.52. The van der Waals surface area contributed by atoms with Crippen LogP contribution in [-0.2, 0) is 4.74 Å². The molecule has 1 amide bonds. The van der Waals surface area contributed by atoms with Crippen molar-refractivity contribution in [3.8, 4) is 5.82 Å². The first kappa shape index (κ1) is 23.0. The summed E-state index contributed by atoms with van der Waals surface area (Å²) in [4.78, 5) is 21.3. The van der Waals surface area contributed by atoms with E-state index in [-0.39, 0.29) is 18.2 Å². The van der Waals surface area contributed by atoms with E-state index in [4.69, 9.17) is 4.74 Å². The fraction of sp³-hybridized carbons (Fsp3) is 0.455. The van der Waals surface area contributed by atoms with Crippen molar-refractivity contribution in [2.75, 3.05) is 25.1 Å². The Morgan fingerprint density at radius 1 is 1.27 bits per heavy atom. The molecule has 0 bridgehead atoms. The SMILES string of the molecule is CC(C)(O)[C@H](F)CNC(=O)c1cnc(-n2ncc3cc(F)cnc32)cc1NC1CCOCC1. The zero-order valence-electron chi connectivity index (χ0n) is 18.4. The Morgan fingerprint density at radius 3 is 2.76 bits per heavy atom. The number of hydrogen-bond donors (Lipinski definition) is 3. The molecule has 11 heteroatoms. The van der Waals surface area contributed by atoms with Crippen molar-refractivity contribution in [3.63, 3.8) is 0 Å². The number of ether oxygens (including phenoxy) is 1. The van der Waals surface area contributed by atoms with E-state index in [9.17, 15) is 18.7 Å². The second-order valence-corrected chi connectivity index (χ2v) is 8.57. The van der Waals surface area contributed by atoms with Gasteiger partial charge in [-0.25, -0.2) is 18.7 Å². The third-order valence-corrected chi connectivity index (χ3v) is 5.52. The number of halogens is 2. The topological polar surface area (TPSA) is 114 Å². The molecule has 0 radical (unpaired) electrons. The first-order chi connectivity index (χ1) is 15.7. The molecule has 3 aromatic heterocycles. The summed E-state index contributed by atoms with van der Waals surface area (Å²) >= 11 is 0. The van der Waals surface area contributed by atoms with Gasteiger partial charge in [-0.3, -0.25) is 4.79 Å². The Morgan fingerprint density at radius 2 is 2.03 bits per heavy atom. The average molecular weight is 460 g/mol. The van der Waals surface area contributed by atoms with Crippen molar-refractivity contribution in [2.45, 2.75) is 44.5 Å². The van der Waals surface area contributed by atoms with Gasteiger partial charge in [-0.2, -0.15) is 9.78 Å². The number of amides is 1. The first-order valence-corrected chi connectivity index (χ1v) is 10.7. The van der Waals surface area contributed by atoms with Crippen LogP contribution in [0.3, 0.4) is 0 Å². The summed E-state index contributed by atoms with van der Waals surface area (Å²) in [7, 11) is 0. The molecule has 0 aliphatic carbocycles. The van der Waals surface area contributed by atoms with Gasteiger partial charge in [0.15, 0.2) is 11.5 Å². The lowest BCUT2D eigenvalue weighted by Crippen LogP contribution is -2.42. The predicted molar refractivity (Wildman–Crippen MR) is 118 cm³/mol. The molecule has 0 spiro atoms. The van der Waals surface area contributed by atoms with Crippen LogP contribution in [0.15, 0.2) is 30.7 Å². The molecule has 0 saturated carbocycles. The van der Waals surface area contributed by atoms with Crippen molar-refractivity contribution in [1.29, 1.82) is 0 Å². The van der Waals surface area contributed by atoms with Crippen molar-refractivity contribution in [1.82, 2.24) is 25.1 Å². The highest BCUT2D eigenvalue weighted by Gasteiger charge is 2.27. The lowest BCUT2D eigenvalue weighted by atomic mass is 10.0. The van der Waals surface area contributed by atoms with Gasteiger partial charge in [-0.15, -0.1) is 0 Å². The number of hydrogen-bond acceptors (Lipinski definition) is 7. The predicted octanol–water partition coefficient (Wildman–Crippen LogP) is 2.38. The number of alkyl halides is 1. The van der Waals surface area contributed by atoms with Gasteiger partial charge in [0.05, 0.1) is 35.8 Å². The van der Waals surface area contributed by atoms with Crippen LogP contribution in [0, 0.1) is 5.82 Å². The van der Waals surface area contributed by atoms with Crippen LogP contribution in [0.5, 0.6) is 0 Å². The molecule has 4 rings (SSSR count). The quantitative estimate of drug-likeness (QED) is 0.496. The second-order valence-electron chi connectivity index (χ2n) is 8.57. The Balaban J connectivity index is 1.64. The van der Waals surface area contributed by atoms with Gasteiger partial charge in [-0.05, 0) is 32.8 Å². The standard InChI is InChI=1S/C22H26F2N6O3/c1-22(2,32)18(24)12-27-21(31)16-11-25-19(8-17(16)29-15-3-5-33-6-4-15)30-20-13(9-28-30)7-14(23)10-26-20/h7-11,15,18,32H,3-6,12H2,1-2H3,(H,25,29)(H,27,31)/t18-/m1/s1. The number of anilines is 1. The normalized spacial score (nSPS) is 16.0. The van der Waals surface area contributed by atoms with Gasteiger partial charge >= 0.3 is 0 Å². The summed E-state index contributed by atoms with van der Waals surface area (Å²) in [6.07, 6.45) is 3.84. The molecule has 1 saturated heterocycles.